The quantitative estimate of drug-likeness (QED) is 0.715. The van der Waals surface area contributed by atoms with Crippen LogP contribution in [0.15, 0.2) is 0 Å². The second kappa shape index (κ2) is 4.43. The van der Waals surface area contributed by atoms with E-state index in [1.807, 2.05) is 0 Å². The van der Waals surface area contributed by atoms with E-state index in [0.29, 0.717) is 0 Å². The Bertz CT molecular complexity index is 148. The van der Waals surface area contributed by atoms with E-state index in [9.17, 15) is 0 Å². The highest BCUT2D eigenvalue weighted by Gasteiger charge is 2.34. The predicted molar refractivity (Wildman–Crippen MR) is 55.6 cm³/mol. The van der Waals surface area contributed by atoms with E-state index in [0.717, 1.165) is 18.5 Å². The summed E-state index contributed by atoms with van der Waals surface area (Å²) < 4.78 is 0. The van der Waals surface area contributed by atoms with Crippen molar-refractivity contribution in [1.29, 1.82) is 0 Å². The van der Waals surface area contributed by atoms with Crippen molar-refractivity contribution >= 4 is 0 Å². The Hall–Kier alpha value is -0.0800. The van der Waals surface area contributed by atoms with Crippen LogP contribution in [0.25, 0.3) is 0 Å². The summed E-state index contributed by atoms with van der Waals surface area (Å²) in [6.07, 6.45) is 8.41. The SMILES string of the molecule is NCCC(C1CC1)N1CCCCC1. The van der Waals surface area contributed by atoms with E-state index in [-0.39, 0.29) is 0 Å². The Morgan fingerprint density at radius 1 is 1.15 bits per heavy atom. The van der Waals surface area contributed by atoms with Crippen molar-refractivity contribution in [1.82, 2.24) is 4.90 Å². The molecule has 0 bridgehead atoms. The van der Waals surface area contributed by atoms with Crippen molar-refractivity contribution in [2.45, 2.75) is 44.6 Å². The molecule has 13 heavy (non-hydrogen) atoms. The largest absolute Gasteiger partial charge is 0.330 e. The highest BCUT2D eigenvalue weighted by atomic mass is 15.2. The van der Waals surface area contributed by atoms with Gasteiger partial charge in [0.1, 0.15) is 0 Å². The van der Waals surface area contributed by atoms with Crippen molar-refractivity contribution < 1.29 is 0 Å². The minimum absolute atomic E-state index is 0.838. The zero-order valence-electron chi connectivity index (χ0n) is 8.54. The van der Waals surface area contributed by atoms with Crippen LogP contribution in [-0.4, -0.2) is 30.6 Å². The van der Waals surface area contributed by atoms with Crippen molar-refractivity contribution in [3.63, 3.8) is 0 Å². The molecule has 0 aromatic rings. The van der Waals surface area contributed by atoms with Gasteiger partial charge >= 0.3 is 0 Å². The van der Waals surface area contributed by atoms with Gasteiger partial charge in [-0.15, -0.1) is 0 Å². The van der Waals surface area contributed by atoms with Crippen molar-refractivity contribution in [3.05, 3.63) is 0 Å². The van der Waals surface area contributed by atoms with Crippen LogP contribution in [0.4, 0.5) is 0 Å². The van der Waals surface area contributed by atoms with Crippen LogP contribution in [0.2, 0.25) is 0 Å². The lowest BCUT2D eigenvalue weighted by Crippen LogP contribution is -2.41. The fourth-order valence-electron chi connectivity index (χ4n) is 2.62. The number of rotatable bonds is 4. The molecule has 2 aliphatic rings. The van der Waals surface area contributed by atoms with Crippen LogP contribution < -0.4 is 5.73 Å². The van der Waals surface area contributed by atoms with Gasteiger partial charge in [0.25, 0.3) is 0 Å². The van der Waals surface area contributed by atoms with Gasteiger partial charge in [0, 0.05) is 6.04 Å². The molecular formula is C11H22N2. The molecule has 2 nitrogen and oxygen atoms in total. The van der Waals surface area contributed by atoms with E-state index >= 15 is 0 Å². The first kappa shape index (κ1) is 9.47. The van der Waals surface area contributed by atoms with E-state index in [2.05, 4.69) is 4.90 Å². The normalized spacial score (nSPS) is 27.5. The van der Waals surface area contributed by atoms with Gasteiger partial charge in [0.15, 0.2) is 0 Å². The lowest BCUT2D eigenvalue weighted by molar-refractivity contribution is 0.140. The molecule has 1 aliphatic carbocycles. The zero-order valence-corrected chi connectivity index (χ0v) is 8.54. The number of nitrogens with two attached hydrogens (primary N) is 1. The third kappa shape index (κ3) is 2.44. The van der Waals surface area contributed by atoms with Gasteiger partial charge in [-0.2, -0.15) is 0 Å². The van der Waals surface area contributed by atoms with Crippen molar-refractivity contribution in [2.24, 2.45) is 11.7 Å². The number of likely N-dealkylation sites (tertiary alicyclic amines) is 1. The van der Waals surface area contributed by atoms with Gasteiger partial charge in [0.05, 0.1) is 0 Å². The summed E-state index contributed by atoms with van der Waals surface area (Å²) in [6.45, 7) is 3.54. The summed E-state index contributed by atoms with van der Waals surface area (Å²) in [5.74, 6) is 1.00. The third-order valence-corrected chi connectivity index (χ3v) is 3.49. The van der Waals surface area contributed by atoms with Crippen LogP contribution >= 0.6 is 0 Å². The highest BCUT2D eigenvalue weighted by Crippen LogP contribution is 2.37. The van der Waals surface area contributed by atoms with Gasteiger partial charge in [-0.1, -0.05) is 6.42 Å². The summed E-state index contributed by atoms with van der Waals surface area (Å²) in [6, 6.07) is 0.838. The van der Waals surface area contributed by atoms with Gasteiger partial charge < -0.3 is 10.6 Å². The molecule has 0 aromatic heterocycles. The second-order valence-corrected chi connectivity index (χ2v) is 4.58. The molecule has 0 spiro atoms. The van der Waals surface area contributed by atoms with Crippen molar-refractivity contribution in [3.8, 4) is 0 Å². The van der Waals surface area contributed by atoms with Gasteiger partial charge in [-0.25, -0.2) is 0 Å². The summed E-state index contributed by atoms with van der Waals surface area (Å²) in [5, 5.41) is 0. The average molecular weight is 182 g/mol. The first-order valence-corrected chi connectivity index (χ1v) is 5.86. The Labute approximate surface area is 81.5 Å². The average Bonchev–Trinajstić information content (AvgIpc) is 2.99. The van der Waals surface area contributed by atoms with Gasteiger partial charge in [0.2, 0.25) is 0 Å². The maximum absolute atomic E-state index is 5.67. The zero-order chi connectivity index (χ0) is 9.10. The molecule has 2 N–H and O–H groups in total. The third-order valence-electron chi connectivity index (χ3n) is 3.49. The van der Waals surface area contributed by atoms with Crippen LogP contribution in [0.1, 0.15) is 38.5 Å². The Balaban J connectivity index is 1.84. The lowest BCUT2D eigenvalue weighted by Gasteiger charge is -2.34. The standard InChI is InChI=1S/C11H22N2/c12-7-6-11(10-4-5-10)13-8-2-1-3-9-13/h10-11H,1-9,12H2. The minimum atomic E-state index is 0.838. The Morgan fingerprint density at radius 3 is 2.38 bits per heavy atom. The Kier molecular flexibility index (Phi) is 3.23. The summed E-state index contributed by atoms with van der Waals surface area (Å²) in [5.41, 5.74) is 5.67. The summed E-state index contributed by atoms with van der Waals surface area (Å²) in [7, 11) is 0. The highest BCUT2D eigenvalue weighted by molar-refractivity contribution is 4.89. The fourth-order valence-corrected chi connectivity index (χ4v) is 2.62. The molecule has 0 aromatic carbocycles. The smallest absolute Gasteiger partial charge is 0.0135 e. The topological polar surface area (TPSA) is 29.3 Å². The van der Waals surface area contributed by atoms with Crippen LogP contribution in [-0.2, 0) is 0 Å². The molecule has 0 amide bonds. The van der Waals surface area contributed by atoms with E-state index in [4.69, 9.17) is 5.73 Å². The molecule has 1 aliphatic heterocycles. The monoisotopic (exact) mass is 182 g/mol. The molecule has 0 radical (unpaired) electrons. The van der Waals surface area contributed by atoms with Crippen LogP contribution in [0.3, 0.4) is 0 Å². The number of hydrogen-bond donors (Lipinski definition) is 1. The predicted octanol–water partition coefficient (Wildman–Crippen LogP) is 1.60. The maximum Gasteiger partial charge on any atom is 0.0135 e. The maximum atomic E-state index is 5.67. The van der Waals surface area contributed by atoms with Crippen molar-refractivity contribution in [2.75, 3.05) is 19.6 Å². The molecule has 1 heterocycles. The minimum Gasteiger partial charge on any atom is -0.330 e. The van der Waals surface area contributed by atoms with E-state index in [1.54, 1.807) is 0 Å². The molecule has 2 rings (SSSR count). The van der Waals surface area contributed by atoms with Crippen LogP contribution in [0, 0.1) is 5.92 Å². The van der Waals surface area contributed by atoms with Gasteiger partial charge in [-0.3, -0.25) is 0 Å². The molecule has 2 fully saturated rings. The second-order valence-electron chi connectivity index (χ2n) is 4.58. The first-order chi connectivity index (χ1) is 6.42. The molecule has 1 saturated heterocycles. The summed E-state index contributed by atoms with van der Waals surface area (Å²) >= 11 is 0. The number of piperidine rings is 1. The molecule has 2 heteroatoms. The molecule has 1 unspecified atom stereocenters. The fraction of sp³-hybridized carbons (Fsp3) is 1.00. The number of hydrogen-bond acceptors (Lipinski definition) is 2. The Morgan fingerprint density at radius 2 is 1.85 bits per heavy atom. The van der Waals surface area contributed by atoms with Gasteiger partial charge in [-0.05, 0) is 57.7 Å². The number of nitrogens with zero attached hydrogens (tertiary/aromatic N) is 1. The van der Waals surface area contributed by atoms with Crippen LogP contribution in [0.5, 0.6) is 0 Å². The first-order valence-electron chi connectivity index (χ1n) is 5.86. The lowest BCUT2D eigenvalue weighted by atomic mass is 10.0. The summed E-state index contributed by atoms with van der Waals surface area (Å²) in [4.78, 5) is 2.70. The molecular weight excluding hydrogens is 160 g/mol. The molecule has 1 atom stereocenters. The molecule has 1 saturated carbocycles. The molecule has 76 valence electrons. The van der Waals surface area contributed by atoms with E-state index in [1.165, 1.54) is 51.6 Å². The van der Waals surface area contributed by atoms with E-state index < -0.39 is 0 Å².